The van der Waals surface area contributed by atoms with Gasteiger partial charge in [-0.05, 0) is 55.0 Å². The Bertz CT molecular complexity index is 1220. The van der Waals surface area contributed by atoms with Crippen molar-refractivity contribution in [3.63, 3.8) is 0 Å². The van der Waals surface area contributed by atoms with Gasteiger partial charge in [0.05, 0.1) is 25.5 Å². The first-order valence-corrected chi connectivity index (χ1v) is 12.3. The SMILES string of the molecule is C/C(=N\NC(=O)c1ccc(C(=O)N2CCCC2)s1)c1csc(-c2ccc(Cl)c(Cl)c2)c1[O-].[K+]. The van der Waals surface area contributed by atoms with Crippen LogP contribution < -0.4 is 61.9 Å². The topological polar surface area (TPSA) is 84.8 Å². The van der Waals surface area contributed by atoms with Gasteiger partial charge >= 0.3 is 51.4 Å². The van der Waals surface area contributed by atoms with Gasteiger partial charge in [-0.2, -0.15) is 5.10 Å². The van der Waals surface area contributed by atoms with Crippen LogP contribution in [-0.2, 0) is 0 Å². The molecule has 0 aliphatic carbocycles. The number of hydrogen-bond donors (Lipinski definition) is 1. The van der Waals surface area contributed by atoms with Crippen molar-refractivity contribution in [2.24, 2.45) is 5.10 Å². The third-order valence-electron chi connectivity index (χ3n) is 5.08. The molecular weight excluding hydrogens is 528 g/mol. The fourth-order valence-corrected chi connectivity index (χ4v) is 5.49. The summed E-state index contributed by atoms with van der Waals surface area (Å²) in [5.74, 6) is -0.670. The van der Waals surface area contributed by atoms with Crippen LogP contribution in [0.3, 0.4) is 0 Å². The monoisotopic (exact) mass is 545 g/mol. The van der Waals surface area contributed by atoms with Gasteiger partial charge in [-0.3, -0.25) is 9.59 Å². The van der Waals surface area contributed by atoms with Crippen LogP contribution in [0.2, 0.25) is 10.0 Å². The van der Waals surface area contributed by atoms with Gasteiger partial charge in [0.25, 0.3) is 11.8 Å². The first kappa shape index (κ1) is 26.8. The predicted octanol–water partition coefficient (Wildman–Crippen LogP) is 2.25. The van der Waals surface area contributed by atoms with E-state index in [1.54, 1.807) is 47.5 Å². The van der Waals surface area contributed by atoms with E-state index in [4.69, 9.17) is 23.2 Å². The van der Waals surface area contributed by atoms with Crippen LogP contribution in [-0.4, -0.2) is 35.5 Å². The molecule has 0 spiro atoms. The smallest absolute Gasteiger partial charge is 0.871 e. The summed E-state index contributed by atoms with van der Waals surface area (Å²) in [4.78, 5) is 28.2. The molecule has 1 saturated heterocycles. The van der Waals surface area contributed by atoms with Crippen LogP contribution in [0.15, 0.2) is 40.8 Å². The van der Waals surface area contributed by atoms with E-state index in [9.17, 15) is 14.7 Å². The molecule has 2 aromatic heterocycles. The Hall–Kier alpha value is -0.754. The standard InChI is InChI=1S/C22H19Cl2N3O3S2.K/c1-12(14-11-31-20(19(14)28)13-4-5-15(23)16(24)10-13)25-26-21(29)17-6-7-18(32-17)22(30)27-8-2-3-9-27;/h4-7,10-11,28H,2-3,8-9H2,1H3,(H,26,29);/q;+1/p-1/b25-12+;. The summed E-state index contributed by atoms with van der Waals surface area (Å²) in [5.41, 5.74) is 3.93. The molecule has 1 fully saturated rings. The number of benzene rings is 1. The number of carbonyl (C=O) groups is 2. The molecule has 33 heavy (non-hydrogen) atoms. The van der Waals surface area contributed by atoms with Crippen molar-refractivity contribution in [1.82, 2.24) is 10.3 Å². The molecule has 3 aromatic rings. The number of nitrogens with zero attached hydrogens (tertiary/aromatic N) is 2. The number of carbonyl (C=O) groups excluding carboxylic acids is 2. The zero-order valence-corrected chi connectivity index (χ0v) is 24.3. The summed E-state index contributed by atoms with van der Waals surface area (Å²) >= 11 is 14.4. The maximum Gasteiger partial charge on any atom is 1.00 e. The minimum absolute atomic E-state index is 0. The first-order valence-electron chi connectivity index (χ1n) is 9.83. The molecular formula is C22H18Cl2KN3O3S2. The Labute approximate surface area is 252 Å². The van der Waals surface area contributed by atoms with Crippen LogP contribution in [0.4, 0.5) is 0 Å². The quantitative estimate of drug-likeness (QED) is 0.303. The summed E-state index contributed by atoms with van der Waals surface area (Å²) in [5, 5.41) is 19.4. The van der Waals surface area contributed by atoms with Crippen molar-refractivity contribution in [2.45, 2.75) is 19.8 Å². The molecule has 11 heteroatoms. The Morgan fingerprint density at radius 1 is 1.09 bits per heavy atom. The second-order valence-electron chi connectivity index (χ2n) is 7.24. The minimum Gasteiger partial charge on any atom is -0.871 e. The van der Waals surface area contributed by atoms with Crippen LogP contribution in [0.25, 0.3) is 10.4 Å². The van der Waals surface area contributed by atoms with Crippen molar-refractivity contribution in [3.05, 3.63) is 61.1 Å². The fourth-order valence-electron chi connectivity index (χ4n) is 3.33. The molecule has 0 unspecified atom stereocenters. The number of rotatable bonds is 5. The predicted molar refractivity (Wildman–Crippen MR) is 128 cm³/mol. The largest absolute Gasteiger partial charge is 1.00 e. The molecule has 0 bridgehead atoms. The van der Waals surface area contributed by atoms with Crippen LogP contribution in [0.1, 0.15) is 44.7 Å². The average molecular weight is 547 g/mol. The molecule has 1 aliphatic heterocycles. The van der Waals surface area contributed by atoms with Crippen molar-refractivity contribution in [2.75, 3.05) is 13.1 Å². The molecule has 0 radical (unpaired) electrons. The molecule has 4 rings (SSSR count). The Morgan fingerprint density at radius 3 is 2.48 bits per heavy atom. The fraction of sp³-hybridized carbons (Fsp3) is 0.227. The van der Waals surface area contributed by atoms with Crippen molar-refractivity contribution < 1.29 is 66.1 Å². The number of likely N-dealkylation sites (tertiary alicyclic amines) is 1. The van der Waals surface area contributed by atoms with Crippen LogP contribution >= 0.6 is 45.9 Å². The van der Waals surface area contributed by atoms with Gasteiger partial charge in [0.15, 0.2) is 0 Å². The van der Waals surface area contributed by atoms with Gasteiger partial charge in [0.2, 0.25) is 0 Å². The second kappa shape index (κ2) is 11.8. The number of halogens is 2. The first-order chi connectivity index (χ1) is 15.3. The average Bonchev–Trinajstić information content (AvgIpc) is 3.54. The normalized spacial score (nSPS) is 13.7. The van der Waals surface area contributed by atoms with E-state index in [0.717, 1.165) is 37.3 Å². The number of hydrogen-bond acceptors (Lipinski definition) is 6. The molecule has 166 valence electrons. The van der Waals surface area contributed by atoms with Crippen molar-refractivity contribution >= 4 is 63.4 Å². The van der Waals surface area contributed by atoms with Crippen molar-refractivity contribution in [1.29, 1.82) is 0 Å². The number of thiophene rings is 2. The zero-order chi connectivity index (χ0) is 22.8. The van der Waals surface area contributed by atoms with Gasteiger partial charge in [0, 0.05) is 23.5 Å². The van der Waals surface area contributed by atoms with Crippen LogP contribution in [0.5, 0.6) is 5.75 Å². The molecule has 3 heterocycles. The maximum absolute atomic E-state index is 12.8. The summed E-state index contributed by atoms with van der Waals surface area (Å²) < 4.78 is 0. The Balaban J connectivity index is 0.00000306. The number of nitrogens with one attached hydrogen (secondary N) is 1. The zero-order valence-electron chi connectivity index (χ0n) is 18.0. The Kier molecular flexibility index (Phi) is 9.59. The van der Waals surface area contributed by atoms with Crippen LogP contribution in [0, 0.1) is 0 Å². The molecule has 1 N–H and O–H groups in total. The third-order valence-corrected chi connectivity index (χ3v) is 7.90. The summed E-state index contributed by atoms with van der Waals surface area (Å²) in [6.45, 7) is 3.16. The number of amides is 2. The van der Waals surface area contributed by atoms with E-state index < -0.39 is 5.91 Å². The molecule has 6 nitrogen and oxygen atoms in total. The van der Waals surface area contributed by atoms with E-state index in [1.165, 1.54) is 11.3 Å². The second-order valence-corrected chi connectivity index (χ2v) is 10.0. The molecule has 1 aliphatic rings. The van der Waals surface area contributed by atoms with E-state index >= 15 is 0 Å². The molecule has 0 atom stereocenters. The van der Waals surface area contributed by atoms with Gasteiger partial charge in [-0.15, -0.1) is 22.7 Å². The third kappa shape index (κ3) is 6.09. The van der Waals surface area contributed by atoms with E-state index in [0.29, 0.717) is 41.5 Å². The molecule has 2 amide bonds. The summed E-state index contributed by atoms with van der Waals surface area (Å²) in [6.07, 6.45) is 2.02. The summed E-state index contributed by atoms with van der Waals surface area (Å²) in [7, 11) is 0. The van der Waals surface area contributed by atoms with Gasteiger partial charge in [-0.25, -0.2) is 5.43 Å². The molecule has 1 aromatic carbocycles. The van der Waals surface area contributed by atoms with Crippen molar-refractivity contribution in [3.8, 4) is 16.2 Å². The van der Waals surface area contributed by atoms with Gasteiger partial charge in [-0.1, -0.05) is 35.0 Å². The maximum atomic E-state index is 12.8. The van der Waals surface area contributed by atoms with E-state index in [-0.39, 0.29) is 63.0 Å². The Morgan fingerprint density at radius 2 is 1.79 bits per heavy atom. The minimum atomic E-state index is -0.429. The van der Waals surface area contributed by atoms with E-state index in [2.05, 4.69) is 10.5 Å². The van der Waals surface area contributed by atoms with Gasteiger partial charge < -0.3 is 10.0 Å². The molecule has 0 saturated carbocycles. The van der Waals surface area contributed by atoms with E-state index in [1.807, 2.05) is 0 Å². The van der Waals surface area contributed by atoms with Gasteiger partial charge in [0.1, 0.15) is 0 Å². The summed E-state index contributed by atoms with van der Waals surface area (Å²) in [6, 6.07) is 8.29. The number of hydrazone groups is 1.